The molecule has 0 radical (unpaired) electrons. The molecule has 0 bridgehead atoms. The highest BCUT2D eigenvalue weighted by Crippen LogP contribution is 2.36. The van der Waals surface area contributed by atoms with Crippen molar-refractivity contribution >= 4 is 23.8 Å². The lowest BCUT2D eigenvalue weighted by Crippen LogP contribution is -2.46. The predicted octanol–water partition coefficient (Wildman–Crippen LogP) is -1.78. The molecule has 1 aromatic heterocycles. The van der Waals surface area contributed by atoms with Crippen LogP contribution >= 0.6 is 11.6 Å². The highest BCUT2D eigenvalue weighted by Gasteiger charge is 2.50. The molecule has 0 fully saturated rings. The molecule has 3 N–H and O–H groups in total. The molecule has 0 aliphatic carbocycles. The average Bonchev–Trinajstić information content (AvgIpc) is 2.64. The lowest BCUT2D eigenvalue weighted by atomic mass is 10.0. The molecule has 19 heavy (non-hydrogen) atoms. The van der Waals surface area contributed by atoms with Crippen LogP contribution in [0.15, 0.2) is 26.9 Å². The molecule has 0 spiro atoms. The lowest BCUT2D eigenvalue weighted by Gasteiger charge is -2.23. The molecule has 102 valence electrons. The van der Waals surface area contributed by atoms with Gasteiger partial charge in [0.15, 0.2) is 6.29 Å². The maximum atomic E-state index is 11.6. The van der Waals surface area contributed by atoms with Gasteiger partial charge in [-0.1, -0.05) is 11.6 Å². The molecule has 2 heterocycles. The smallest absolute Gasteiger partial charge is 0.335 e. The largest absolute Gasteiger partial charge is 0.458 e. The normalized spacial score (nSPS) is 26.4. The van der Waals surface area contributed by atoms with Crippen molar-refractivity contribution in [3.8, 4) is 0 Å². The molecule has 0 aromatic carbocycles. The van der Waals surface area contributed by atoms with Crippen molar-refractivity contribution in [2.45, 2.75) is 11.7 Å². The van der Waals surface area contributed by atoms with Gasteiger partial charge in [-0.15, -0.1) is 0 Å². The summed E-state index contributed by atoms with van der Waals surface area (Å²) < 4.78 is 5.91. The number of aliphatic hydroxyl groups excluding tert-OH is 2. The summed E-state index contributed by atoms with van der Waals surface area (Å²) in [6.45, 7) is -0.824. The van der Waals surface area contributed by atoms with Gasteiger partial charge in [-0.2, -0.15) is 0 Å². The van der Waals surface area contributed by atoms with Gasteiger partial charge < -0.3 is 14.9 Å². The van der Waals surface area contributed by atoms with Gasteiger partial charge in [-0.05, 0) is 0 Å². The van der Waals surface area contributed by atoms with E-state index in [2.05, 4.69) is 0 Å². The van der Waals surface area contributed by atoms with Gasteiger partial charge in [0.25, 0.3) is 5.56 Å². The van der Waals surface area contributed by atoms with E-state index < -0.39 is 29.6 Å². The van der Waals surface area contributed by atoms with E-state index in [0.717, 1.165) is 16.8 Å². The first-order valence-corrected chi connectivity index (χ1v) is 5.49. The van der Waals surface area contributed by atoms with Crippen molar-refractivity contribution in [3.63, 3.8) is 0 Å². The average molecular weight is 289 g/mol. The number of H-pyrrole nitrogens is 1. The van der Waals surface area contributed by atoms with E-state index in [-0.39, 0.29) is 17.2 Å². The molecule has 1 aliphatic rings. The van der Waals surface area contributed by atoms with Crippen LogP contribution in [0.2, 0.25) is 0 Å². The van der Waals surface area contributed by atoms with E-state index in [1.165, 1.54) is 0 Å². The molecule has 1 aliphatic heterocycles. The Morgan fingerprint density at radius 1 is 1.58 bits per heavy atom. The number of aliphatic hydroxyl groups is 2. The minimum absolute atomic E-state index is 0.198. The third-order valence-electron chi connectivity index (χ3n) is 2.68. The molecule has 0 amide bonds. The molecule has 2 rings (SSSR count). The monoisotopic (exact) mass is 288 g/mol. The number of rotatable bonds is 3. The first-order valence-electron chi connectivity index (χ1n) is 5.11. The number of carbonyl (C=O) groups excluding carboxylic acids is 1. The summed E-state index contributed by atoms with van der Waals surface area (Å²) in [6, 6.07) is 1.04. The number of halogens is 1. The number of hydrogen-bond donors (Lipinski definition) is 3. The van der Waals surface area contributed by atoms with Crippen molar-refractivity contribution in [1.29, 1.82) is 0 Å². The fraction of sp³-hybridized carbons (Fsp3) is 0.300. The van der Waals surface area contributed by atoms with E-state index in [1.807, 2.05) is 4.98 Å². The molecular weight excluding hydrogens is 280 g/mol. The minimum Gasteiger partial charge on any atom is -0.458 e. The van der Waals surface area contributed by atoms with Crippen LogP contribution < -0.4 is 11.2 Å². The first-order chi connectivity index (χ1) is 8.95. The van der Waals surface area contributed by atoms with Crippen LogP contribution in [0.5, 0.6) is 0 Å². The summed E-state index contributed by atoms with van der Waals surface area (Å²) in [5.74, 6) is -0.323. The van der Waals surface area contributed by atoms with Gasteiger partial charge in [-0.3, -0.25) is 14.6 Å². The van der Waals surface area contributed by atoms with Gasteiger partial charge in [0, 0.05) is 12.3 Å². The molecule has 0 saturated carbocycles. The number of carbonyl (C=O) groups is 1. The molecule has 9 heteroatoms. The number of nitrogens with one attached hydrogen (secondary N) is 1. The Kier molecular flexibility index (Phi) is 3.31. The summed E-state index contributed by atoms with van der Waals surface area (Å²) in [5, 5.41) is 18.6. The maximum absolute atomic E-state index is 11.6. The van der Waals surface area contributed by atoms with Crippen LogP contribution in [-0.4, -0.2) is 44.4 Å². The Bertz CT molecular complexity index is 662. The van der Waals surface area contributed by atoms with Crippen molar-refractivity contribution in [1.82, 2.24) is 9.55 Å². The Morgan fingerprint density at radius 2 is 2.26 bits per heavy atom. The number of aldehydes is 1. The highest BCUT2D eigenvalue weighted by atomic mass is 35.5. The zero-order valence-electron chi connectivity index (χ0n) is 9.37. The van der Waals surface area contributed by atoms with E-state index in [1.54, 1.807) is 0 Å². The Labute approximate surface area is 110 Å². The van der Waals surface area contributed by atoms with Gasteiger partial charge in [0.2, 0.25) is 11.5 Å². The number of ether oxygens (including phenoxy) is 1. The van der Waals surface area contributed by atoms with Crippen molar-refractivity contribution < 1.29 is 19.7 Å². The summed E-state index contributed by atoms with van der Waals surface area (Å²) in [4.78, 5) is 35.4. The maximum Gasteiger partial charge on any atom is 0.335 e. The van der Waals surface area contributed by atoms with Crippen LogP contribution in [0.25, 0.3) is 5.88 Å². The van der Waals surface area contributed by atoms with Crippen molar-refractivity contribution in [2.75, 3.05) is 6.61 Å². The van der Waals surface area contributed by atoms with E-state index in [0.29, 0.717) is 0 Å². The Morgan fingerprint density at radius 3 is 2.74 bits per heavy atom. The second-order valence-electron chi connectivity index (χ2n) is 3.87. The molecule has 1 aromatic rings. The minimum atomic E-state index is -1.96. The highest BCUT2D eigenvalue weighted by molar-refractivity contribution is 6.33. The fourth-order valence-corrected chi connectivity index (χ4v) is 1.92. The third-order valence-corrected chi connectivity index (χ3v) is 3.05. The lowest BCUT2D eigenvalue weighted by molar-refractivity contribution is -0.135. The second-order valence-corrected chi connectivity index (χ2v) is 4.28. The van der Waals surface area contributed by atoms with Crippen LogP contribution in [-0.2, 0) is 9.53 Å². The predicted molar refractivity (Wildman–Crippen MR) is 63.4 cm³/mol. The van der Waals surface area contributed by atoms with Crippen molar-refractivity contribution in [3.05, 3.63) is 38.1 Å². The number of nitrogens with zero attached hydrogens (tertiary/aromatic N) is 1. The quantitative estimate of drug-likeness (QED) is 0.566. The van der Waals surface area contributed by atoms with Crippen LogP contribution in [0.1, 0.15) is 0 Å². The zero-order chi connectivity index (χ0) is 14.2. The molecule has 2 atom stereocenters. The molecule has 0 unspecified atom stereocenters. The molecular formula is C10H9ClN2O6. The number of hydrogen-bond acceptors (Lipinski definition) is 6. The number of aromatic amines is 1. The summed E-state index contributed by atoms with van der Waals surface area (Å²) in [5.41, 5.74) is -3.44. The van der Waals surface area contributed by atoms with Crippen LogP contribution in [0.3, 0.4) is 0 Å². The van der Waals surface area contributed by atoms with Gasteiger partial charge in [-0.25, -0.2) is 9.36 Å². The summed E-state index contributed by atoms with van der Waals surface area (Å²) >= 11 is 5.80. The summed E-state index contributed by atoms with van der Waals surface area (Å²) in [7, 11) is 0. The molecule has 0 saturated heterocycles. The van der Waals surface area contributed by atoms with Gasteiger partial charge >= 0.3 is 5.69 Å². The SMILES string of the molecule is O=C[C@]1(CO)OC(n2ccc(=O)[nH]c2=O)=C(Cl)[C@@H]1O. The third kappa shape index (κ3) is 1.99. The topological polar surface area (TPSA) is 122 Å². The number of aromatic nitrogens is 2. The van der Waals surface area contributed by atoms with Crippen LogP contribution in [0, 0.1) is 0 Å². The van der Waals surface area contributed by atoms with E-state index in [4.69, 9.17) is 21.4 Å². The van der Waals surface area contributed by atoms with Crippen molar-refractivity contribution in [2.24, 2.45) is 0 Å². The Balaban J connectivity index is 2.55. The van der Waals surface area contributed by atoms with Gasteiger partial charge in [0.05, 0.1) is 6.61 Å². The summed E-state index contributed by atoms with van der Waals surface area (Å²) in [6.07, 6.45) is -0.335. The fourth-order valence-electron chi connectivity index (χ4n) is 1.60. The first kappa shape index (κ1) is 13.5. The van der Waals surface area contributed by atoms with E-state index >= 15 is 0 Å². The van der Waals surface area contributed by atoms with Gasteiger partial charge in [0.1, 0.15) is 11.1 Å². The standard InChI is InChI=1S/C10H9ClN2O6/c11-6-7(17)10(3-14,4-15)19-8(6)13-2-1-5(16)12-9(13)18/h1-3,7,15,17H,4H2,(H,12,16,18)/t7-,10+/m0/s1. The second kappa shape index (κ2) is 4.65. The zero-order valence-corrected chi connectivity index (χ0v) is 10.1. The Hall–Kier alpha value is -1.90. The van der Waals surface area contributed by atoms with Crippen LogP contribution in [0.4, 0.5) is 0 Å². The molecule has 8 nitrogen and oxygen atoms in total. The van der Waals surface area contributed by atoms with E-state index in [9.17, 15) is 19.5 Å².